The Hall–Kier alpha value is -0.860. The Labute approximate surface area is 83.6 Å². The van der Waals surface area contributed by atoms with Crippen molar-refractivity contribution in [1.82, 2.24) is 10.3 Å². The van der Waals surface area contributed by atoms with E-state index in [0.717, 1.165) is 18.8 Å². The van der Waals surface area contributed by atoms with Gasteiger partial charge in [-0.25, -0.2) is 0 Å². The minimum Gasteiger partial charge on any atom is -0.308 e. The van der Waals surface area contributed by atoms with E-state index in [4.69, 9.17) is 11.6 Å². The third kappa shape index (κ3) is 4.65. The van der Waals surface area contributed by atoms with E-state index in [-0.39, 0.29) is 0 Å². The zero-order chi connectivity index (χ0) is 9.36. The second-order valence-corrected chi connectivity index (χ2v) is 2.89. The van der Waals surface area contributed by atoms with Crippen molar-refractivity contribution in [3.8, 4) is 0 Å². The zero-order valence-electron chi connectivity index (χ0n) is 7.41. The summed E-state index contributed by atoms with van der Waals surface area (Å²) >= 11 is 5.47. The number of hydrogen-bond acceptors (Lipinski definition) is 2. The lowest BCUT2D eigenvalue weighted by Gasteiger charge is -1.99. The van der Waals surface area contributed by atoms with Crippen molar-refractivity contribution in [2.45, 2.75) is 6.54 Å². The summed E-state index contributed by atoms with van der Waals surface area (Å²) in [6.45, 7) is 1.64. The standard InChI is InChI=1S/C10H13ClN2/c11-6-2-4-7-12-9-10-5-1-3-8-13-10/h1-5,8,12H,6-7,9H2/b4-2+. The van der Waals surface area contributed by atoms with Gasteiger partial charge in [0.2, 0.25) is 0 Å². The molecule has 0 saturated carbocycles. The highest BCUT2D eigenvalue weighted by molar-refractivity contribution is 6.18. The lowest BCUT2D eigenvalue weighted by atomic mass is 10.3. The monoisotopic (exact) mass is 196 g/mol. The molecule has 0 spiro atoms. The van der Waals surface area contributed by atoms with Gasteiger partial charge < -0.3 is 5.32 Å². The molecule has 0 aliphatic carbocycles. The minimum atomic E-state index is 0.575. The van der Waals surface area contributed by atoms with Crippen molar-refractivity contribution in [2.24, 2.45) is 0 Å². The Morgan fingerprint density at radius 1 is 1.38 bits per heavy atom. The van der Waals surface area contributed by atoms with E-state index < -0.39 is 0 Å². The van der Waals surface area contributed by atoms with Crippen LogP contribution in [0, 0.1) is 0 Å². The fraction of sp³-hybridized carbons (Fsp3) is 0.300. The molecule has 0 aliphatic rings. The molecule has 0 saturated heterocycles. The van der Waals surface area contributed by atoms with Gasteiger partial charge in [0.25, 0.3) is 0 Å². The van der Waals surface area contributed by atoms with Gasteiger partial charge in [0.05, 0.1) is 5.69 Å². The predicted molar refractivity (Wildman–Crippen MR) is 55.8 cm³/mol. The molecule has 0 fully saturated rings. The molecule has 0 aromatic carbocycles. The topological polar surface area (TPSA) is 24.9 Å². The Bertz CT molecular complexity index is 246. The van der Waals surface area contributed by atoms with Crippen LogP contribution in [0.15, 0.2) is 36.5 Å². The maximum absolute atomic E-state index is 5.47. The van der Waals surface area contributed by atoms with Crippen LogP contribution < -0.4 is 5.32 Å². The fourth-order valence-corrected chi connectivity index (χ4v) is 1.06. The molecule has 1 aromatic heterocycles. The number of hydrogen-bond donors (Lipinski definition) is 1. The van der Waals surface area contributed by atoms with Crippen LogP contribution in [0.4, 0.5) is 0 Å². The van der Waals surface area contributed by atoms with Gasteiger partial charge in [-0.2, -0.15) is 0 Å². The lowest BCUT2D eigenvalue weighted by molar-refractivity contribution is 0.740. The number of alkyl halides is 1. The van der Waals surface area contributed by atoms with E-state index in [1.807, 2.05) is 30.4 Å². The summed E-state index contributed by atoms with van der Waals surface area (Å²) in [5.74, 6) is 0.575. The third-order valence-electron chi connectivity index (χ3n) is 1.55. The van der Waals surface area contributed by atoms with Crippen LogP contribution in [0.25, 0.3) is 0 Å². The van der Waals surface area contributed by atoms with E-state index in [9.17, 15) is 0 Å². The molecule has 1 rings (SSSR count). The summed E-state index contributed by atoms with van der Waals surface area (Å²) in [4.78, 5) is 4.18. The molecule has 0 bridgehead atoms. The second kappa shape index (κ2) is 6.63. The van der Waals surface area contributed by atoms with Gasteiger partial charge in [-0.3, -0.25) is 4.98 Å². The van der Waals surface area contributed by atoms with Crippen molar-refractivity contribution < 1.29 is 0 Å². The van der Waals surface area contributed by atoms with Crippen LogP contribution >= 0.6 is 11.6 Å². The first-order valence-electron chi connectivity index (χ1n) is 4.25. The molecular formula is C10H13ClN2. The average Bonchev–Trinajstić information content (AvgIpc) is 2.19. The summed E-state index contributed by atoms with van der Waals surface area (Å²) < 4.78 is 0. The molecule has 1 heterocycles. The number of pyridine rings is 1. The molecule has 0 radical (unpaired) electrons. The number of nitrogens with zero attached hydrogens (tertiary/aromatic N) is 1. The van der Waals surface area contributed by atoms with Crippen LogP contribution in [0.2, 0.25) is 0 Å². The van der Waals surface area contributed by atoms with Gasteiger partial charge in [-0.05, 0) is 12.1 Å². The predicted octanol–water partition coefficient (Wildman–Crippen LogP) is 1.97. The Balaban J connectivity index is 2.17. The third-order valence-corrected chi connectivity index (χ3v) is 1.73. The van der Waals surface area contributed by atoms with Crippen LogP contribution in [0.1, 0.15) is 5.69 Å². The van der Waals surface area contributed by atoms with E-state index >= 15 is 0 Å². The lowest BCUT2D eigenvalue weighted by Crippen LogP contribution is -2.13. The molecule has 0 unspecified atom stereocenters. The quantitative estimate of drug-likeness (QED) is 0.443. The van der Waals surface area contributed by atoms with Crippen LogP contribution in [-0.4, -0.2) is 17.4 Å². The molecule has 2 nitrogen and oxygen atoms in total. The molecule has 3 heteroatoms. The Morgan fingerprint density at radius 3 is 3.00 bits per heavy atom. The van der Waals surface area contributed by atoms with Crippen LogP contribution in [0.5, 0.6) is 0 Å². The molecular weight excluding hydrogens is 184 g/mol. The van der Waals surface area contributed by atoms with Gasteiger partial charge in [0.15, 0.2) is 0 Å². The van der Waals surface area contributed by atoms with Crippen molar-refractivity contribution in [2.75, 3.05) is 12.4 Å². The van der Waals surface area contributed by atoms with Crippen molar-refractivity contribution in [3.05, 3.63) is 42.2 Å². The molecule has 0 amide bonds. The molecule has 1 aromatic rings. The van der Waals surface area contributed by atoms with Crippen molar-refractivity contribution in [3.63, 3.8) is 0 Å². The molecule has 0 atom stereocenters. The van der Waals surface area contributed by atoms with Gasteiger partial charge in [-0.1, -0.05) is 18.2 Å². The number of halogens is 1. The highest BCUT2D eigenvalue weighted by Crippen LogP contribution is 1.91. The summed E-state index contributed by atoms with van der Waals surface area (Å²) in [6, 6.07) is 5.90. The molecule has 13 heavy (non-hydrogen) atoms. The normalized spacial score (nSPS) is 10.8. The maximum Gasteiger partial charge on any atom is 0.0541 e. The molecule has 70 valence electrons. The first kappa shape index (κ1) is 10.2. The van der Waals surface area contributed by atoms with Gasteiger partial charge in [0.1, 0.15) is 0 Å². The number of nitrogens with one attached hydrogen (secondary N) is 1. The molecule has 1 N–H and O–H groups in total. The van der Waals surface area contributed by atoms with Gasteiger partial charge >= 0.3 is 0 Å². The Morgan fingerprint density at radius 2 is 2.31 bits per heavy atom. The van der Waals surface area contributed by atoms with Crippen LogP contribution in [-0.2, 0) is 6.54 Å². The van der Waals surface area contributed by atoms with Gasteiger partial charge in [-0.15, -0.1) is 11.6 Å². The largest absolute Gasteiger partial charge is 0.308 e. The second-order valence-electron chi connectivity index (χ2n) is 2.58. The summed E-state index contributed by atoms with van der Waals surface area (Å²) in [7, 11) is 0. The number of aromatic nitrogens is 1. The fourth-order valence-electron chi connectivity index (χ4n) is 0.933. The first-order valence-corrected chi connectivity index (χ1v) is 4.78. The van der Waals surface area contributed by atoms with E-state index in [1.165, 1.54) is 0 Å². The smallest absolute Gasteiger partial charge is 0.0541 e. The molecule has 0 aliphatic heterocycles. The van der Waals surface area contributed by atoms with E-state index in [2.05, 4.69) is 10.3 Å². The highest BCUT2D eigenvalue weighted by atomic mass is 35.5. The summed E-state index contributed by atoms with van der Waals surface area (Å²) in [5.41, 5.74) is 1.06. The van der Waals surface area contributed by atoms with Gasteiger partial charge in [0, 0.05) is 25.2 Å². The summed E-state index contributed by atoms with van der Waals surface area (Å²) in [5, 5.41) is 3.23. The first-order chi connectivity index (χ1) is 6.43. The average molecular weight is 197 g/mol. The minimum absolute atomic E-state index is 0.575. The Kier molecular flexibility index (Phi) is 5.22. The highest BCUT2D eigenvalue weighted by Gasteiger charge is 1.88. The number of rotatable bonds is 5. The zero-order valence-corrected chi connectivity index (χ0v) is 8.17. The summed E-state index contributed by atoms with van der Waals surface area (Å²) in [6.07, 6.45) is 5.73. The number of allylic oxidation sites excluding steroid dienone is 1. The maximum atomic E-state index is 5.47. The van der Waals surface area contributed by atoms with Crippen molar-refractivity contribution in [1.29, 1.82) is 0 Å². The van der Waals surface area contributed by atoms with Crippen LogP contribution in [0.3, 0.4) is 0 Å². The van der Waals surface area contributed by atoms with E-state index in [0.29, 0.717) is 5.88 Å². The van der Waals surface area contributed by atoms with Crippen molar-refractivity contribution >= 4 is 11.6 Å². The SMILES string of the molecule is ClC/C=C/CNCc1ccccn1. The van der Waals surface area contributed by atoms with E-state index in [1.54, 1.807) is 6.20 Å².